The van der Waals surface area contributed by atoms with Gasteiger partial charge in [0.1, 0.15) is 11.2 Å². The van der Waals surface area contributed by atoms with Gasteiger partial charge in [-0.25, -0.2) is 15.0 Å². The molecular weight excluding hydrogens is 637 g/mol. The third kappa shape index (κ3) is 4.39. The predicted octanol–water partition coefficient (Wildman–Crippen LogP) is 12.2. The molecule has 0 amide bonds. The largest absolute Gasteiger partial charge is 0.455 e. The lowest BCUT2D eigenvalue weighted by Crippen LogP contribution is -2.00. The second-order valence-electron chi connectivity index (χ2n) is 13.2. The number of aromatic nitrogens is 4. The summed E-state index contributed by atoms with van der Waals surface area (Å²) in [6.07, 6.45) is 0. The minimum absolute atomic E-state index is 0.595. The van der Waals surface area contributed by atoms with Gasteiger partial charge < -0.3 is 8.98 Å². The molecular formula is C47H28N4O. The molecule has 0 aliphatic rings. The fourth-order valence-corrected chi connectivity index (χ4v) is 7.76. The molecule has 0 radical (unpaired) electrons. The molecule has 8 aromatic carbocycles. The maximum absolute atomic E-state index is 6.78. The number of furan rings is 1. The van der Waals surface area contributed by atoms with Crippen molar-refractivity contribution < 1.29 is 4.42 Å². The Hall–Kier alpha value is -7.11. The van der Waals surface area contributed by atoms with E-state index >= 15 is 0 Å². The van der Waals surface area contributed by atoms with Crippen LogP contribution < -0.4 is 0 Å². The zero-order valence-corrected chi connectivity index (χ0v) is 27.9. The van der Waals surface area contributed by atoms with Gasteiger partial charge in [-0.2, -0.15) is 0 Å². The Morgan fingerprint density at radius 3 is 1.65 bits per heavy atom. The smallest absolute Gasteiger partial charge is 0.164 e. The molecule has 11 rings (SSSR count). The molecule has 52 heavy (non-hydrogen) atoms. The number of fused-ring (bicyclic) bond motifs is 9. The van der Waals surface area contributed by atoms with E-state index in [0.717, 1.165) is 55.1 Å². The van der Waals surface area contributed by atoms with Crippen LogP contribution in [0.15, 0.2) is 174 Å². The van der Waals surface area contributed by atoms with Gasteiger partial charge in [-0.05, 0) is 47.2 Å². The van der Waals surface area contributed by atoms with Crippen molar-refractivity contribution in [2.75, 3.05) is 0 Å². The van der Waals surface area contributed by atoms with Gasteiger partial charge in [0.15, 0.2) is 17.5 Å². The van der Waals surface area contributed by atoms with Crippen LogP contribution in [0.1, 0.15) is 0 Å². The monoisotopic (exact) mass is 664 g/mol. The first-order valence-corrected chi connectivity index (χ1v) is 17.4. The quantitative estimate of drug-likeness (QED) is 0.188. The van der Waals surface area contributed by atoms with E-state index in [4.69, 9.17) is 19.4 Å². The fourth-order valence-electron chi connectivity index (χ4n) is 7.76. The molecule has 5 nitrogen and oxygen atoms in total. The lowest BCUT2D eigenvalue weighted by Gasteiger charge is -2.13. The van der Waals surface area contributed by atoms with Crippen molar-refractivity contribution in [2.24, 2.45) is 0 Å². The third-order valence-corrected chi connectivity index (χ3v) is 10.2. The molecule has 0 atom stereocenters. The Bertz CT molecular complexity index is 3120. The Kier molecular flexibility index (Phi) is 6.18. The molecule has 0 saturated carbocycles. The number of benzene rings is 8. The fraction of sp³-hybridized carbons (Fsp3) is 0. The summed E-state index contributed by atoms with van der Waals surface area (Å²) in [5.41, 5.74) is 7.85. The molecule has 0 saturated heterocycles. The molecule has 242 valence electrons. The number of nitrogens with zero attached hydrogens (tertiary/aromatic N) is 4. The van der Waals surface area contributed by atoms with Crippen LogP contribution >= 0.6 is 0 Å². The van der Waals surface area contributed by atoms with E-state index in [9.17, 15) is 0 Å². The van der Waals surface area contributed by atoms with Gasteiger partial charge >= 0.3 is 0 Å². The summed E-state index contributed by atoms with van der Waals surface area (Å²) < 4.78 is 9.21. The van der Waals surface area contributed by atoms with Gasteiger partial charge in [0.05, 0.1) is 16.7 Å². The van der Waals surface area contributed by atoms with Gasteiger partial charge in [0, 0.05) is 49.0 Å². The molecule has 0 unspecified atom stereocenters. The second-order valence-corrected chi connectivity index (χ2v) is 13.2. The average molecular weight is 665 g/mol. The summed E-state index contributed by atoms with van der Waals surface area (Å²) in [7, 11) is 0. The molecule has 0 fully saturated rings. The maximum atomic E-state index is 6.78. The summed E-state index contributed by atoms with van der Waals surface area (Å²) in [5, 5.41) is 9.22. The van der Waals surface area contributed by atoms with E-state index in [-0.39, 0.29) is 0 Å². The van der Waals surface area contributed by atoms with Crippen molar-refractivity contribution in [3.63, 3.8) is 0 Å². The van der Waals surface area contributed by atoms with Crippen molar-refractivity contribution in [2.45, 2.75) is 0 Å². The number of hydrogen-bond acceptors (Lipinski definition) is 4. The van der Waals surface area contributed by atoms with E-state index in [1.807, 2.05) is 60.7 Å². The molecule has 0 bridgehead atoms. The van der Waals surface area contributed by atoms with Crippen LogP contribution in [0.4, 0.5) is 0 Å². The van der Waals surface area contributed by atoms with Crippen molar-refractivity contribution in [3.05, 3.63) is 170 Å². The summed E-state index contributed by atoms with van der Waals surface area (Å²) in [6, 6.07) is 59.2. The van der Waals surface area contributed by atoms with E-state index in [2.05, 4.69) is 114 Å². The highest BCUT2D eigenvalue weighted by Gasteiger charge is 2.20. The van der Waals surface area contributed by atoms with Gasteiger partial charge in [-0.1, -0.05) is 133 Å². The van der Waals surface area contributed by atoms with Crippen LogP contribution in [-0.4, -0.2) is 19.5 Å². The average Bonchev–Trinajstić information content (AvgIpc) is 3.75. The Labute approximate surface area is 298 Å². The van der Waals surface area contributed by atoms with Crippen LogP contribution in [-0.2, 0) is 0 Å². The molecule has 3 heterocycles. The molecule has 5 heteroatoms. The van der Waals surface area contributed by atoms with Gasteiger partial charge in [-0.3, -0.25) is 0 Å². The van der Waals surface area contributed by atoms with E-state index in [0.29, 0.717) is 17.5 Å². The van der Waals surface area contributed by atoms with Crippen molar-refractivity contribution in [1.82, 2.24) is 19.5 Å². The summed E-state index contributed by atoms with van der Waals surface area (Å²) in [4.78, 5) is 14.8. The van der Waals surface area contributed by atoms with Crippen molar-refractivity contribution in [3.8, 4) is 39.9 Å². The highest BCUT2D eigenvalue weighted by molar-refractivity contribution is 6.20. The second kappa shape index (κ2) is 11.2. The van der Waals surface area contributed by atoms with Gasteiger partial charge in [0.25, 0.3) is 0 Å². The van der Waals surface area contributed by atoms with Crippen molar-refractivity contribution >= 4 is 65.3 Å². The first-order chi connectivity index (χ1) is 25.8. The highest BCUT2D eigenvalue weighted by Crippen LogP contribution is 2.42. The SMILES string of the molecule is c1ccc(-c2nc(-c3ccccc3)nc(-c3ccc4c(c3)oc3c5ccccc5c(-n5c6ccccc6c6cc7ccccc7cc65)cc43)n2)cc1. The molecule has 0 spiro atoms. The van der Waals surface area contributed by atoms with Gasteiger partial charge in [-0.15, -0.1) is 0 Å². The Morgan fingerprint density at radius 1 is 0.365 bits per heavy atom. The van der Waals surface area contributed by atoms with Crippen LogP contribution in [0.5, 0.6) is 0 Å². The van der Waals surface area contributed by atoms with E-state index in [1.54, 1.807) is 0 Å². The number of para-hydroxylation sites is 1. The van der Waals surface area contributed by atoms with Gasteiger partial charge in [0.2, 0.25) is 0 Å². The first-order valence-electron chi connectivity index (χ1n) is 17.4. The highest BCUT2D eigenvalue weighted by atomic mass is 16.3. The Morgan fingerprint density at radius 2 is 0.942 bits per heavy atom. The molecule has 0 aliphatic carbocycles. The topological polar surface area (TPSA) is 56.7 Å². The summed E-state index contributed by atoms with van der Waals surface area (Å²) in [6.45, 7) is 0. The molecule has 0 aliphatic heterocycles. The third-order valence-electron chi connectivity index (χ3n) is 10.2. The van der Waals surface area contributed by atoms with E-state index in [1.165, 1.54) is 32.6 Å². The van der Waals surface area contributed by atoms with Crippen LogP contribution in [0.3, 0.4) is 0 Å². The minimum atomic E-state index is 0.595. The molecule has 0 N–H and O–H groups in total. The zero-order chi connectivity index (χ0) is 34.2. The zero-order valence-electron chi connectivity index (χ0n) is 27.9. The van der Waals surface area contributed by atoms with Crippen LogP contribution in [0.2, 0.25) is 0 Å². The number of rotatable bonds is 4. The van der Waals surface area contributed by atoms with Crippen LogP contribution in [0, 0.1) is 0 Å². The van der Waals surface area contributed by atoms with Crippen molar-refractivity contribution in [1.29, 1.82) is 0 Å². The summed E-state index contributed by atoms with van der Waals surface area (Å²) in [5.74, 6) is 1.85. The predicted molar refractivity (Wildman–Crippen MR) is 213 cm³/mol. The van der Waals surface area contributed by atoms with E-state index < -0.39 is 0 Å². The standard InChI is InChI=1S/C47H28N4O/c1-3-13-29(14-4-1)45-48-46(30-15-5-2-6-16-30)50-47(49-45)33-23-24-36-39-28-42(34-19-9-10-21-37(34)44(39)52-43(36)27-33)51-40-22-12-11-20-35(40)38-25-31-17-7-8-18-32(31)26-41(38)51/h1-28H. The number of hydrogen-bond donors (Lipinski definition) is 0. The molecule has 3 aromatic heterocycles. The maximum Gasteiger partial charge on any atom is 0.164 e. The lowest BCUT2D eigenvalue weighted by molar-refractivity contribution is 0.672. The lowest BCUT2D eigenvalue weighted by atomic mass is 10.0. The normalized spacial score (nSPS) is 11.8. The molecule has 11 aromatic rings. The minimum Gasteiger partial charge on any atom is -0.455 e. The Balaban J connectivity index is 1.15. The first kappa shape index (κ1) is 28.7. The van der Waals surface area contributed by atoms with Crippen LogP contribution in [0.25, 0.3) is 105 Å². The summed E-state index contributed by atoms with van der Waals surface area (Å²) >= 11 is 0.